The van der Waals surface area contributed by atoms with E-state index in [0.717, 1.165) is 0 Å². The molecule has 120 valence electrons. The number of nitrogens with one attached hydrogen (secondary N) is 1. The van der Waals surface area contributed by atoms with Gasteiger partial charge in [-0.25, -0.2) is 0 Å². The van der Waals surface area contributed by atoms with E-state index in [4.69, 9.17) is 5.11 Å². The van der Waals surface area contributed by atoms with E-state index in [1.165, 1.54) is 22.8 Å². The number of benzene rings is 1. The van der Waals surface area contributed by atoms with Gasteiger partial charge in [-0.2, -0.15) is 0 Å². The molecule has 1 aromatic heterocycles. The zero-order valence-electron chi connectivity index (χ0n) is 13.2. The number of aryl methyl sites for hydroxylation is 1. The second-order valence-corrected chi connectivity index (χ2v) is 4.64. The van der Waals surface area contributed by atoms with Crippen LogP contribution in [0.15, 0.2) is 29.1 Å². The van der Waals surface area contributed by atoms with Crippen LogP contribution < -0.4 is 10.9 Å². The topological polar surface area (TPSA) is 97.4 Å². The first-order chi connectivity index (χ1) is 10.4. The van der Waals surface area contributed by atoms with Crippen LogP contribution in [0.2, 0.25) is 0 Å². The van der Waals surface area contributed by atoms with Crippen LogP contribution in [0.3, 0.4) is 0 Å². The number of fused-ring (bicyclic) bond motifs is 1. The summed E-state index contributed by atoms with van der Waals surface area (Å²) in [7, 11) is 1.61. The van der Waals surface area contributed by atoms with E-state index in [1.54, 1.807) is 20.0 Å². The average molecular weight is 307 g/mol. The maximum absolute atomic E-state index is 11.9. The highest BCUT2D eigenvalue weighted by Gasteiger charge is 2.13. The molecule has 0 aliphatic rings. The van der Waals surface area contributed by atoms with Crippen molar-refractivity contribution < 1.29 is 10.0 Å². The Morgan fingerprint density at radius 1 is 1.36 bits per heavy atom. The van der Waals surface area contributed by atoms with E-state index in [2.05, 4.69) is 5.32 Å². The van der Waals surface area contributed by atoms with E-state index >= 15 is 0 Å². The van der Waals surface area contributed by atoms with E-state index in [-0.39, 0.29) is 23.9 Å². The van der Waals surface area contributed by atoms with E-state index in [1.807, 2.05) is 13.8 Å². The van der Waals surface area contributed by atoms with Crippen molar-refractivity contribution in [1.82, 2.24) is 4.57 Å². The first-order valence-corrected chi connectivity index (χ1v) is 7.09. The van der Waals surface area contributed by atoms with Crippen LogP contribution in [0.5, 0.6) is 0 Å². The van der Waals surface area contributed by atoms with Gasteiger partial charge in [-0.1, -0.05) is 13.8 Å². The van der Waals surface area contributed by atoms with E-state index in [0.29, 0.717) is 16.6 Å². The Bertz CT molecular complexity index is 725. The Labute approximate surface area is 128 Å². The summed E-state index contributed by atoms with van der Waals surface area (Å²) in [5.41, 5.74) is 0.805. The van der Waals surface area contributed by atoms with Gasteiger partial charge in [0.1, 0.15) is 0 Å². The van der Waals surface area contributed by atoms with Gasteiger partial charge in [-0.15, -0.1) is 0 Å². The van der Waals surface area contributed by atoms with Crippen molar-refractivity contribution in [3.8, 4) is 0 Å². The van der Waals surface area contributed by atoms with Crippen LogP contribution in [-0.4, -0.2) is 27.2 Å². The molecule has 22 heavy (non-hydrogen) atoms. The van der Waals surface area contributed by atoms with Crippen LogP contribution in [0.25, 0.3) is 10.9 Å². The molecule has 7 nitrogen and oxygen atoms in total. The molecule has 0 saturated carbocycles. The molecule has 7 heteroatoms. The summed E-state index contributed by atoms with van der Waals surface area (Å²) in [6.07, 6.45) is 0. The molecular formula is C15H21N3O4. The predicted octanol–water partition coefficient (Wildman–Crippen LogP) is 2.27. The van der Waals surface area contributed by atoms with Gasteiger partial charge in [0.2, 0.25) is 0 Å². The molecule has 1 unspecified atom stereocenters. The summed E-state index contributed by atoms with van der Waals surface area (Å²) in [6, 6.07) is 5.44. The fourth-order valence-corrected chi connectivity index (χ4v) is 1.99. The normalized spacial score (nSPS) is 11.5. The lowest BCUT2D eigenvalue weighted by Gasteiger charge is -2.15. The van der Waals surface area contributed by atoms with E-state index in [9.17, 15) is 14.9 Å². The maximum Gasteiger partial charge on any atom is 0.270 e. The number of hydrogen-bond acceptors (Lipinski definition) is 5. The molecular weight excluding hydrogens is 286 g/mol. The third kappa shape index (κ3) is 3.62. The minimum atomic E-state index is -0.482. The molecule has 2 aromatic rings. The van der Waals surface area contributed by atoms with Gasteiger partial charge in [0.05, 0.1) is 17.0 Å². The quantitative estimate of drug-likeness (QED) is 0.667. The zero-order valence-corrected chi connectivity index (χ0v) is 13.2. The molecule has 0 fully saturated rings. The lowest BCUT2D eigenvalue weighted by Crippen LogP contribution is -2.23. The summed E-state index contributed by atoms with van der Waals surface area (Å²) in [5, 5.41) is 23.5. The van der Waals surface area contributed by atoms with Gasteiger partial charge in [-0.05, 0) is 13.0 Å². The lowest BCUT2D eigenvalue weighted by atomic mass is 10.1. The number of aliphatic hydroxyl groups excluding tert-OH is 1. The molecule has 2 N–H and O–H groups in total. The van der Waals surface area contributed by atoms with Crippen molar-refractivity contribution in [2.45, 2.75) is 26.8 Å². The minimum absolute atomic E-state index is 0.0455. The Kier molecular flexibility index (Phi) is 6.06. The molecule has 2 rings (SSSR count). The van der Waals surface area contributed by atoms with Crippen LogP contribution >= 0.6 is 0 Å². The van der Waals surface area contributed by atoms with E-state index < -0.39 is 4.92 Å². The molecule has 0 spiro atoms. The third-order valence-corrected chi connectivity index (χ3v) is 3.12. The molecule has 0 aliphatic heterocycles. The van der Waals surface area contributed by atoms with Crippen molar-refractivity contribution in [2.75, 3.05) is 11.9 Å². The number of nitrogens with zero attached hydrogens (tertiary/aromatic N) is 2. The first-order valence-electron chi connectivity index (χ1n) is 7.09. The minimum Gasteiger partial charge on any atom is -0.394 e. The molecule has 0 saturated heterocycles. The summed E-state index contributed by atoms with van der Waals surface area (Å²) in [6.45, 7) is 5.65. The predicted molar refractivity (Wildman–Crippen MR) is 87.4 cm³/mol. The van der Waals surface area contributed by atoms with Crippen LogP contribution in [0.4, 0.5) is 11.4 Å². The van der Waals surface area contributed by atoms with Crippen LogP contribution in [0, 0.1) is 10.1 Å². The van der Waals surface area contributed by atoms with Crippen molar-refractivity contribution in [3.05, 3.63) is 44.7 Å². The highest BCUT2D eigenvalue weighted by Crippen LogP contribution is 2.26. The Hall–Kier alpha value is -2.41. The molecule has 1 atom stereocenters. The smallest absolute Gasteiger partial charge is 0.270 e. The average Bonchev–Trinajstić information content (AvgIpc) is 2.53. The van der Waals surface area contributed by atoms with Crippen LogP contribution in [0.1, 0.15) is 20.8 Å². The van der Waals surface area contributed by atoms with Crippen molar-refractivity contribution >= 4 is 22.3 Å². The first kappa shape index (κ1) is 17.6. The fraction of sp³-hybridized carbons (Fsp3) is 0.400. The van der Waals surface area contributed by atoms with Crippen molar-refractivity contribution in [3.63, 3.8) is 0 Å². The zero-order chi connectivity index (χ0) is 16.9. The second kappa shape index (κ2) is 7.56. The van der Waals surface area contributed by atoms with Gasteiger partial charge in [0, 0.05) is 42.4 Å². The molecule has 0 amide bonds. The third-order valence-electron chi connectivity index (χ3n) is 3.12. The SMILES string of the molecule is CC.CC(CO)Nc1cc(=O)n(C)c2ccc([N+](=O)[O-])cc12. The molecule has 0 radical (unpaired) electrons. The number of nitro groups is 1. The number of anilines is 1. The number of hydrogen-bond donors (Lipinski definition) is 2. The van der Waals surface area contributed by atoms with Crippen molar-refractivity contribution in [2.24, 2.45) is 7.05 Å². The molecule has 0 aliphatic carbocycles. The number of pyridine rings is 1. The Morgan fingerprint density at radius 2 is 2.00 bits per heavy atom. The number of non-ortho nitro benzene ring substituents is 1. The summed E-state index contributed by atoms with van der Waals surface area (Å²) >= 11 is 0. The maximum atomic E-state index is 11.9. The van der Waals surface area contributed by atoms with Crippen molar-refractivity contribution in [1.29, 1.82) is 0 Å². The molecule has 1 heterocycles. The number of rotatable bonds is 4. The van der Waals surface area contributed by atoms with Crippen LogP contribution in [-0.2, 0) is 7.05 Å². The van der Waals surface area contributed by atoms with Gasteiger partial charge < -0.3 is 15.0 Å². The number of aromatic nitrogens is 1. The highest BCUT2D eigenvalue weighted by molar-refractivity contribution is 5.93. The summed E-state index contributed by atoms with van der Waals surface area (Å²) in [5.74, 6) is 0. The summed E-state index contributed by atoms with van der Waals surface area (Å²) in [4.78, 5) is 22.2. The second-order valence-electron chi connectivity index (χ2n) is 4.64. The standard InChI is InChI=1S/C13H15N3O4.C2H6/c1-8(7-17)14-11-6-13(18)15(2)12-4-3-9(16(19)20)5-10(11)12;1-2/h3-6,8,14,17H,7H2,1-2H3;1-2H3. The van der Waals surface area contributed by atoms with Gasteiger partial charge in [0.25, 0.3) is 11.2 Å². The Morgan fingerprint density at radius 3 is 2.55 bits per heavy atom. The molecule has 0 bridgehead atoms. The number of aliphatic hydroxyl groups is 1. The van der Waals surface area contributed by atoms with Gasteiger partial charge >= 0.3 is 0 Å². The van der Waals surface area contributed by atoms with Gasteiger partial charge in [-0.3, -0.25) is 14.9 Å². The fourth-order valence-electron chi connectivity index (χ4n) is 1.99. The highest BCUT2D eigenvalue weighted by atomic mass is 16.6. The summed E-state index contributed by atoms with van der Waals surface area (Å²) < 4.78 is 1.42. The monoisotopic (exact) mass is 307 g/mol. The Balaban J connectivity index is 0.00000116. The largest absolute Gasteiger partial charge is 0.394 e. The molecule has 1 aromatic carbocycles. The number of nitro benzene ring substituents is 1. The lowest BCUT2D eigenvalue weighted by molar-refractivity contribution is -0.384. The van der Waals surface area contributed by atoms with Gasteiger partial charge in [0.15, 0.2) is 0 Å².